The van der Waals surface area contributed by atoms with Gasteiger partial charge in [-0.1, -0.05) is 24.6 Å². The van der Waals surface area contributed by atoms with Gasteiger partial charge in [0.1, 0.15) is 11.5 Å². The molecule has 1 N–H and O–H groups in total. The summed E-state index contributed by atoms with van der Waals surface area (Å²) in [5.41, 5.74) is 0.987. The van der Waals surface area contributed by atoms with E-state index in [1.807, 2.05) is 30.3 Å². The van der Waals surface area contributed by atoms with Crippen molar-refractivity contribution in [1.29, 1.82) is 0 Å². The summed E-state index contributed by atoms with van der Waals surface area (Å²) in [7, 11) is 0. The highest BCUT2D eigenvalue weighted by molar-refractivity contribution is 9.10. The van der Waals surface area contributed by atoms with E-state index in [1.165, 1.54) is 0 Å². The number of furan rings is 1. The van der Waals surface area contributed by atoms with E-state index in [4.69, 9.17) is 16.0 Å². The van der Waals surface area contributed by atoms with Crippen LogP contribution in [0.15, 0.2) is 39.2 Å². The number of benzene rings is 1. The zero-order chi connectivity index (χ0) is 12.3. The lowest BCUT2D eigenvalue weighted by atomic mass is 10.2. The van der Waals surface area contributed by atoms with Gasteiger partial charge in [0.2, 0.25) is 0 Å². The zero-order valence-electron chi connectivity index (χ0n) is 9.47. The Morgan fingerprint density at radius 3 is 2.82 bits per heavy atom. The molecule has 1 aromatic carbocycles. The number of nitrogens with one attached hydrogen (secondary N) is 1. The number of hydrogen-bond acceptors (Lipinski definition) is 2. The highest BCUT2D eigenvalue weighted by Gasteiger charge is 2.06. The van der Waals surface area contributed by atoms with E-state index in [-0.39, 0.29) is 0 Å². The molecule has 0 bridgehead atoms. The normalized spacial score (nSPS) is 10.8. The van der Waals surface area contributed by atoms with Crippen LogP contribution in [0.2, 0.25) is 5.02 Å². The first-order chi connectivity index (χ1) is 8.20. The van der Waals surface area contributed by atoms with Crippen molar-refractivity contribution in [2.75, 3.05) is 6.54 Å². The first kappa shape index (κ1) is 12.7. The van der Waals surface area contributed by atoms with Crippen molar-refractivity contribution in [3.05, 3.63) is 45.6 Å². The van der Waals surface area contributed by atoms with Crippen LogP contribution in [0, 0.1) is 0 Å². The van der Waals surface area contributed by atoms with Crippen molar-refractivity contribution in [3.63, 3.8) is 0 Å². The second-order valence-corrected chi connectivity index (χ2v) is 4.94. The third-order valence-electron chi connectivity index (χ3n) is 2.42. The molecule has 0 atom stereocenters. The summed E-state index contributed by atoms with van der Waals surface area (Å²) in [6.45, 7) is 3.75. The summed E-state index contributed by atoms with van der Waals surface area (Å²) in [5, 5.41) is 3.91. The molecule has 0 radical (unpaired) electrons. The van der Waals surface area contributed by atoms with Gasteiger partial charge in [0.25, 0.3) is 0 Å². The summed E-state index contributed by atoms with van der Waals surface area (Å²) in [5.74, 6) is 1.77. The fourth-order valence-electron chi connectivity index (χ4n) is 1.53. The predicted molar refractivity (Wildman–Crippen MR) is 74.2 cm³/mol. The minimum Gasteiger partial charge on any atom is -0.460 e. The molecule has 0 spiro atoms. The van der Waals surface area contributed by atoms with Gasteiger partial charge in [-0.15, -0.1) is 0 Å². The largest absolute Gasteiger partial charge is 0.460 e. The summed E-state index contributed by atoms with van der Waals surface area (Å²) in [4.78, 5) is 0. The molecule has 1 aromatic heterocycles. The first-order valence-corrected chi connectivity index (χ1v) is 6.62. The Morgan fingerprint density at radius 1 is 1.29 bits per heavy atom. The van der Waals surface area contributed by atoms with Gasteiger partial charge in [0, 0.05) is 10.0 Å². The number of hydrogen-bond donors (Lipinski definition) is 1. The average molecular weight is 315 g/mol. The fraction of sp³-hybridized carbons (Fsp3) is 0.231. The molecule has 17 heavy (non-hydrogen) atoms. The third-order valence-corrected chi connectivity index (χ3v) is 3.65. The molecule has 0 amide bonds. The van der Waals surface area contributed by atoms with Crippen molar-refractivity contribution in [2.24, 2.45) is 0 Å². The van der Waals surface area contributed by atoms with Gasteiger partial charge in [0.15, 0.2) is 0 Å². The molecule has 0 aliphatic rings. The van der Waals surface area contributed by atoms with Crippen LogP contribution in [-0.4, -0.2) is 6.54 Å². The summed E-state index contributed by atoms with van der Waals surface area (Å²) in [6.07, 6.45) is 0. The Kier molecular flexibility index (Phi) is 4.26. The summed E-state index contributed by atoms with van der Waals surface area (Å²) < 4.78 is 6.62. The lowest BCUT2D eigenvalue weighted by molar-refractivity contribution is 0.498. The SMILES string of the molecule is CCNCc1ccc(-c2ccc(Br)c(Cl)c2)o1. The molecule has 0 saturated carbocycles. The van der Waals surface area contributed by atoms with Crippen molar-refractivity contribution >= 4 is 27.5 Å². The summed E-state index contributed by atoms with van der Waals surface area (Å²) >= 11 is 9.42. The third kappa shape index (κ3) is 3.12. The van der Waals surface area contributed by atoms with Crippen molar-refractivity contribution in [1.82, 2.24) is 5.32 Å². The fourth-order valence-corrected chi connectivity index (χ4v) is 1.95. The Bertz CT molecular complexity index is 510. The van der Waals surface area contributed by atoms with E-state index in [9.17, 15) is 0 Å². The van der Waals surface area contributed by atoms with Gasteiger partial charge in [-0.2, -0.15) is 0 Å². The Hall–Kier alpha value is -0.770. The predicted octanol–water partition coefficient (Wildman–Crippen LogP) is 4.47. The van der Waals surface area contributed by atoms with Crippen LogP contribution in [0.1, 0.15) is 12.7 Å². The molecule has 2 rings (SSSR count). The van der Waals surface area contributed by atoms with Crippen LogP contribution in [0.3, 0.4) is 0 Å². The monoisotopic (exact) mass is 313 g/mol. The lowest BCUT2D eigenvalue weighted by Crippen LogP contribution is -2.10. The molecule has 0 unspecified atom stereocenters. The maximum Gasteiger partial charge on any atom is 0.134 e. The smallest absolute Gasteiger partial charge is 0.134 e. The van der Waals surface area contributed by atoms with Gasteiger partial charge in [-0.25, -0.2) is 0 Å². The number of halogens is 2. The van der Waals surface area contributed by atoms with Gasteiger partial charge >= 0.3 is 0 Å². The minimum absolute atomic E-state index is 0.687. The zero-order valence-corrected chi connectivity index (χ0v) is 11.8. The van der Waals surface area contributed by atoms with Crippen LogP contribution in [-0.2, 0) is 6.54 Å². The number of rotatable bonds is 4. The molecular formula is C13H13BrClNO. The molecule has 0 aliphatic carbocycles. The molecule has 2 aromatic rings. The molecule has 90 valence electrons. The van der Waals surface area contributed by atoms with Crippen LogP contribution >= 0.6 is 27.5 Å². The van der Waals surface area contributed by atoms with Crippen LogP contribution < -0.4 is 5.32 Å². The molecule has 1 heterocycles. The molecule has 0 saturated heterocycles. The molecule has 4 heteroatoms. The molecular weight excluding hydrogens is 302 g/mol. The highest BCUT2D eigenvalue weighted by Crippen LogP contribution is 2.29. The van der Waals surface area contributed by atoms with Crippen molar-refractivity contribution in [3.8, 4) is 11.3 Å². The van der Waals surface area contributed by atoms with Crippen LogP contribution in [0.4, 0.5) is 0 Å². The lowest BCUT2D eigenvalue weighted by Gasteiger charge is -2.01. The first-order valence-electron chi connectivity index (χ1n) is 5.45. The van der Waals surface area contributed by atoms with E-state index in [2.05, 4.69) is 28.2 Å². The standard InChI is InChI=1S/C13H13BrClNO/c1-2-16-8-10-4-6-13(17-10)9-3-5-11(14)12(15)7-9/h3-7,16H,2,8H2,1H3. The quantitative estimate of drug-likeness (QED) is 0.900. The molecule has 2 nitrogen and oxygen atoms in total. The van der Waals surface area contributed by atoms with Gasteiger partial charge < -0.3 is 9.73 Å². The van der Waals surface area contributed by atoms with Crippen molar-refractivity contribution < 1.29 is 4.42 Å². The van der Waals surface area contributed by atoms with E-state index in [0.717, 1.165) is 34.6 Å². The Labute approximate surface area is 114 Å². The highest BCUT2D eigenvalue weighted by atomic mass is 79.9. The average Bonchev–Trinajstić information content (AvgIpc) is 2.79. The van der Waals surface area contributed by atoms with Gasteiger partial charge in [-0.3, -0.25) is 0 Å². The van der Waals surface area contributed by atoms with E-state index < -0.39 is 0 Å². The van der Waals surface area contributed by atoms with Crippen LogP contribution in [0.25, 0.3) is 11.3 Å². The van der Waals surface area contributed by atoms with Crippen LogP contribution in [0.5, 0.6) is 0 Å². The minimum atomic E-state index is 0.687. The maximum absolute atomic E-state index is 6.05. The molecule has 0 fully saturated rings. The maximum atomic E-state index is 6.05. The van der Waals surface area contributed by atoms with Crippen molar-refractivity contribution in [2.45, 2.75) is 13.5 Å². The second kappa shape index (κ2) is 5.71. The van der Waals surface area contributed by atoms with Gasteiger partial charge in [-0.05, 0) is 46.7 Å². The molecule has 0 aliphatic heterocycles. The Balaban J connectivity index is 2.21. The summed E-state index contributed by atoms with van der Waals surface area (Å²) in [6, 6.07) is 9.73. The second-order valence-electron chi connectivity index (χ2n) is 3.68. The topological polar surface area (TPSA) is 25.2 Å². The van der Waals surface area contributed by atoms with E-state index in [1.54, 1.807) is 0 Å². The van der Waals surface area contributed by atoms with E-state index in [0.29, 0.717) is 5.02 Å². The Morgan fingerprint density at radius 2 is 2.12 bits per heavy atom. The van der Waals surface area contributed by atoms with Gasteiger partial charge in [0.05, 0.1) is 11.6 Å². The van der Waals surface area contributed by atoms with E-state index >= 15 is 0 Å².